The first-order valence-corrected chi connectivity index (χ1v) is 5.98. The molecular weight excluding hydrogens is 256 g/mol. The molecular formula is C12H9ClN2OS. The summed E-state index contributed by atoms with van der Waals surface area (Å²) < 4.78 is 5.26. The zero-order chi connectivity index (χ0) is 12.4. The van der Waals surface area contributed by atoms with E-state index in [1.54, 1.807) is 25.3 Å². The highest BCUT2D eigenvalue weighted by atomic mass is 35.5. The van der Waals surface area contributed by atoms with Crippen molar-refractivity contribution < 1.29 is 4.74 Å². The molecule has 5 heteroatoms. The van der Waals surface area contributed by atoms with E-state index in [4.69, 9.17) is 27.3 Å². The van der Waals surface area contributed by atoms with Crippen molar-refractivity contribution in [3.63, 3.8) is 0 Å². The molecule has 0 spiro atoms. The van der Waals surface area contributed by atoms with Crippen LogP contribution in [0.5, 0.6) is 5.75 Å². The molecule has 0 radical (unpaired) electrons. The average molecular weight is 265 g/mol. The molecule has 1 heterocycles. The van der Waals surface area contributed by atoms with Gasteiger partial charge in [-0.25, -0.2) is 0 Å². The van der Waals surface area contributed by atoms with E-state index in [0.29, 0.717) is 21.3 Å². The molecule has 0 amide bonds. The number of methoxy groups -OCH3 is 1. The fourth-order valence-corrected chi connectivity index (χ4v) is 2.56. The van der Waals surface area contributed by atoms with Crippen LogP contribution in [0.3, 0.4) is 0 Å². The number of halogens is 1. The minimum atomic E-state index is 0.490. The van der Waals surface area contributed by atoms with Gasteiger partial charge in [0.15, 0.2) is 0 Å². The molecule has 1 aromatic carbocycles. The molecule has 0 fully saturated rings. The Morgan fingerprint density at radius 1 is 1.41 bits per heavy atom. The minimum Gasteiger partial charge on any atom is -0.496 e. The lowest BCUT2D eigenvalue weighted by Crippen LogP contribution is -1.86. The summed E-state index contributed by atoms with van der Waals surface area (Å²) in [5, 5.41) is 9.48. The van der Waals surface area contributed by atoms with Gasteiger partial charge in [0.25, 0.3) is 0 Å². The van der Waals surface area contributed by atoms with E-state index in [2.05, 4.69) is 6.07 Å². The number of thiophene rings is 1. The second kappa shape index (κ2) is 4.66. The van der Waals surface area contributed by atoms with Crippen LogP contribution in [0.15, 0.2) is 24.3 Å². The van der Waals surface area contributed by atoms with Crippen molar-refractivity contribution in [3.8, 4) is 22.3 Å². The molecule has 17 heavy (non-hydrogen) atoms. The topological polar surface area (TPSA) is 59.0 Å². The molecule has 0 aliphatic carbocycles. The normalized spacial score (nSPS) is 9.94. The summed E-state index contributed by atoms with van der Waals surface area (Å²) in [7, 11) is 1.58. The first-order valence-electron chi connectivity index (χ1n) is 4.79. The van der Waals surface area contributed by atoms with E-state index in [1.165, 1.54) is 11.3 Å². The maximum absolute atomic E-state index is 8.88. The molecule has 0 aliphatic rings. The van der Waals surface area contributed by atoms with Gasteiger partial charge in [-0.15, -0.1) is 11.3 Å². The Balaban J connectivity index is 2.56. The lowest BCUT2D eigenvalue weighted by molar-refractivity contribution is 0.416. The van der Waals surface area contributed by atoms with E-state index >= 15 is 0 Å². The quantitative estimate of drug-likeness (QED) is 0.903. The van der Waals surface area contributed by atoms with Crippen molar-refractivity contribution in [1.29, 1.82) is 5.26 Å². The molecule has 1 aromatic heterocycles. The number of rotatable bonds is 2. The molecule has 2 aromatic rings. The van der Waals surface area contributed by atoms with Crippen molar-refractivity contribution >= 4 is 28.6 Å². The Kier molecular flexibility index (Phi) is 3.23. The molecule has 0 unspecified atom stereocenters. The summed E-state index contributed by atoms with van der Waals surface area (Å²) >= 11 is 7.23. The number of nitrogens with zero attached hydrogens (tertiary/aromatic N) is 1. The summed E-state index contributed by atoms with van der Waals surface area (Å²) in [6, 6.07) is 9.20. The van der Waals surface area contributed by atoms with Gasteiger partial charge in [0.1, 0.15) is 16.7 Å². The van der Waals surface area contributed by atoms with Crippen LogP contribution in [0.4, 0.5) is 5.69 Å². The van der Waals surface area contributed by atoms with Crippen LogP contribution in [0.25, 0.3) is 10.4 Å². The zero-order valence-corrected chi connectivity index (χ0v) is 10.6. The third-order valence-electron chi connectivity index (χ3n) is 2.29. The largest absolute Gasteiger partial charge is 0.496 e. The fraction of sp³-hybridized carbons (Fsp3) is 0.0833. The minimum absolute atomic E-state index is 0.490. The number of hydrogen-bond donors (Lipinski definition) is 1. The molecule has 0 saturated carbocycles. The van der Waals surface area contributed by atoms with Gasteiger partial charge in [0, 0.05) is 15.5 Å². The smallest absolute Gasteiger partial charge is 0.128 e. The molecule has 0 saturated heterocycles. The van der Waals surface area contributed by atoms with Gasteiger partial charge in [-0.2, -0.15) is 5.26 Å². The van der Waals surface area contributed by atoms with Crippen LogP contribution < -0.4 is 10.5 Å². The summed E-state index contributed by atoms with van der Waals surface area (Å²) in [6.45, 7) is 0. The van der Waals surface area contributed by atoms with E-state index in [9.17, 15) is 0 Å². The van der Waals surface area contributed by atoms with E-state index in [-0.39, 0.29) is 0 Å². The van der Waals surface area contributed by atoms with Crippen LogP contribution in [0.1, 0.15) is 4.88 Å². The second-order valence-corrected chi connectivity index (χ2v) is 4.84. The molecule has 0 bridgehead atoms. The number of nitrogen functional groups attached to an aromatic ring is 1. The van der Waals surface area contributed by atoms with Crippen LogP contribution in [0, 0.1) is 11.3 Å². The van der Waals surface area contributed by atoms with Crippen LogP contribution in [-0.4, -0.2) is 7.11 Å². The summed E-state index contributed by atoms with van der Waals surface area (Å²) in [6.07, 6.45) is 0. The average Bonchev–Trinajstić information content (AvgIpc) is 2.70. The molecule has 3 nitrogen and oxygen atoms in total. The zero-order valence-electron chi connectivity index (χ0n) is 9.03. The SMILES string of the molecule is COc1cc(Cl)ccc1-c1cc(N)c(C#N)s1. The van der Waals surface area contributed by atoms with Crippen molar-refractivity contribution in [2.45, 2.75) is 0 Å². The third-order valence-corrected chi connectivity index (χ3v) is 3.62. The highest BCUT2D eigenvalue weighted by Gasteiger charge is 2.12. The monoisotopic (exact) mass is 264 g/mol. The van der Waals surface area contributed by atoms with Crippen LogP contribution >= 0.6 is 22.9 Å². The van der Waals surface area contributed by atoms with Gasteiger partial charge in [-0.3, -0.25) is 0 Å². The highest BCUT2D eigenvalue weighted by molar-refractivity contribution is 7.16. The van der Waals surface area contributed by atoms with Crippen molar-refractivity contribution in [3.05, 3.63) is 34.2 Å². The Morgan fingerprint density at radius 3 is 2.76 bits per heavy atom. The molecule has 2 N–H and O–H groups in total. The standard InChI is InChI=1S/C12H9ClN2OS/c1-16-10-4-7(13)2-3-8(10)11-5-9(15)12(6-14)17-11/h2-5H,15H2,1H3. The Bertz CT molecular complexity index is 601. The van der Waals surface area contributed by atoms with Gasteiger partial charge in [0.05, 0.1) is 12.8 Å². The number of nitrogens with two attached hydrogens (primary N) is 1. The number of benzene rings is 1. The van der Waals surface area contributed by atoms with Gasteiger partial charge >= 0.3 is 0 Å². The molecule has 2 rings (SSSR count). The number of nitriles is 1. The Hall–Kier alpha value is -1.70. The summed E-state index contributed by atoms with van der Waals surface area (Å²) in [5.74, 6) is 0.670. The first kappa shape index (κ1) is 11.8. The van der Waals surface area contributed by atoms with E-state index < -0.39 is 0 Å². The lowest BCUT2D eigenvalue weighted by Gasteiger charge is -2.06. The maximum Gasteiger partial charge on any atom is 0.128 e. The van der Waals surface area contributed by atoms with Gasteiger partial charge in [-0.1, -0.05) is 11.6 Å². The van der Waals surface area contributed by atoms with Gasteiger partial charge in [0.2, 0.25) is 0 Å². The van der Waals surface area contributed by atoms with E-state index in [1.807, 2.05) is 6.07 Å². The fourth-order valence-electron chi connectivity index (χ4n) is 1.49. The first-order chi connectivity index (χ1) is 8.15. The molecule has 0 aliphatic heterocycles. The summed E-state index contributed by atoms with van der Waals surface area (Å²) in [5.41, 5.74) is 7.11. The lowest BCUT2D eigenvalue weighted by atomic mass is 10.1. The van der Waals surface area contributed by atoms with Gasteiger partial charge in [-0.05, 0) is 24.3 Å². The number of ether oxygens (including phenoxy) is 1. The van der Waals surface area contributed by atoms with Gasteiger partial charge < -0.3 is 10.5 Å². The van der Waals surface area contributed by atoms with Crippen LogP contribution in [-0.2, 0) is 0 Å². The Labute approximate surface area is 108 Å². The highest BCUT2D eigenvalue weighted by Crippen LogP contribution is 2.38. The predicted octanol–water partition coefficient (Wildman–Crippen LogP) is 3.53. The maximum atomic E-state index is 8.88. The molecule has 0 atom stereocenters. The van der Waals surface area contributed by atoms with Crippen molar-refractivity contribution in [1.82, 2.24) is 0 Å². The number of anilines is 1. The predicted molar refractivity (Wildman–Crippen MR) is 70.4 cm³/mol. The Morgan fingerprint density at radius 2 is 2.18 bits per heavy atom. The van der Waals surface area contributed by atoms with Crippen LogP contribution in [0.2, 0.25) is 5.02 Å². The van der Waals surface area contributed by atoms with Crippen molar-refractivity contribution in [2.75, 3.05) is 12.8 Å². The summed E-state index contributed by atoms with van der Waals surface area (Å²) in [4.78, 5) is 1.41. The second-order valence-electron chi connectivity index (χ2n) is 3.35. The molecule has 86 valence electrons. The van der Waals surface area contributed by atoms with Crippen molar-refractivity contribution in [2.24, 2.45) is 0 Å². The number of hydrogen-bond acceptors (Lipinski definition) is 4. The third kappa shape index (κ3) is 2.21. The van der Waals surface area contributed by atoms with E-state index in [0.717, 1.165) is 10.4 Å².